The summed E-state index contributed by atoms with van der Waals surface area (Å²) in [6, 6.07) is 6.16. The van der Waals surface area contributed by atoms with Gasteiger partial charge in [-0.1, -0.05) is 0 Å². The summed E-state index contributed by atoms with van der Waals surface area (Å²) in [7, 11) is 0. The van der Waals surface area contributed by atoms with Crippen LogP contribution >= 0.6 is 0 Å². The molecule has 5 heteroatoms. The van der Waals surface area contributed by atoms with Gasteiger partial charge in [0.05, 0.1) is 23.9 Å². The van der Waals surface area contributed by atoms with E-state index in [2.05, 4.69) is 5.32 Å². The minimum absolute atomic E-state index is 0.296. The number of rotatable bonds is 7. The van der Waals surface area contributed by atoms with Gasteiger partial charge in [-0.2, -0.15) is 5.26 Å². The van der Waals surface area contributed by atoms with Crippen LogP contribution in [0.2, 0.25) is 0 Å². The first kappa shape index (κ1) is 14.4. The molecule has 98 valence electrons. The molecule has 0 unspecified atom stereocenters. The lowest BCUT2D eigenvalue weighted by Gasteiger charge is -2.18. The fourth-order valence-electron chi connectivity index (χ4n) is 1.46. The van der Waals surface area contributed by atoms with E-state index in [1.54, 1.807) is 6.07 Å². The highest BCUT2D eigenvalue weighted by Gasteiger charge is 2.09. The Kier molecular flexibility index (Phi) is 6.12. The van der Waals surface area contributed by atoms with Crippen molar-refractivity contribution in [2.75, 3.05) is 25.1 Å². The van der Waals surface area contributed by atoms with E-state index < -0.39 is 12.1 Å². The Labute approximate surface area is 106 Å². The zero-order chi connectivity index (χ0) is 13.4. The summed E-state index contributed by atoms with van der Waals surface area (Å²) < 4.78 is 24.2. The summed E-state index contributed by atoms with van der Waals surface area (Å²) in [5.41, 5.74) is 0.627. The average molecular weight is 252 g/mol. The number of hydrogen-bond acceptors (Lipinski definition) is 4. The van der Waals surface area contributed by atoms with Gasteiger partial charge in [0.25, 0.3) is 0 Å². The van der Waals surface area contributed by atoms with Crippen LogP contribution in [0.25, 0.3) is 0 Å². The highest BCUT2D eigenvalue weighted by Crippen LogP contribution is 2.15. The van der Waals surface area contributed by atoms with Crippen molar-refractivity contribution in [2.24, 2.45) is 0 Å². The fourth-order valence-corrected chi connectivity index (χ4v) is 1.46. The van der Waals surface area contributed by atoms with Crippen molar-refractivity contribution in [3.05, 3.63) is 29.6 Å². The number of hydrogen-bond donors (Lipinski definition) is 1. The highest BCUT2D eigenvalue weighted by molar-refractivity contribution is 5.48. The van der Waals surface area contributed by atoms with Crippen molar-refractivity contribution in [1.29, 1.82) is 5.26 Å². The maximum atomic E-state index is 13.6. The van der Waals surface area contributed by atoms with E-state index >= 15 is 0 Å². The van der Waals surface area contributed by atoms with Gasteiger partial charge in [-0.15, -0.1) is 0 Å². The Hall–Kier alpha value is -1.64. The number of nitriles is 1. The topological polar surface area (TPSA) is 54.3 Å². The molecule has 18 heavy (non-hydrogen) atoms. The summed E-state index contributed by atoms with van der Waals surface area (Å²) in [5.74, 6) is -0.458. The predicted molar refractivity (Wildman–Crippen MR) is 66.6 cm³/mol. The molecule has 0 heterocycles. The lowest BCUT2D eigenvalue weighted by Crippen LogP contribution is -2.26. The molecule has 0 aliphatic carbocycles. The molecule has 0 spiro atoms. The molecule has 0 amide bonds. The van der Waals surface area contributed by atoms with E-state index in [1.165, 1.54) is 12.1 Å². The first-order valence-electron chi connectivity index (χ1n) is 5.88. The van der Waals surface area contributed by atoms with Gasteiger partial charge in [-0.3, -0.25) is 0 Å². The SMILES string of the molecule is CCOC(CNc1ccc(C#N)cc1F)OCC. The lowest BCUT2D eigenvalue weighted by atomic mass is 10.2. The minimum Gasteiger partial charge on any atom is -0.378 e. The fraction of sp³-hybridized carbons (Fsp3) is 0.462. The number of nitrogens with zero attached hydrogens (tertiary/aromatic N) is 1. The molecule has 1 N–H and O–H groups in total. The maximum Gasteiger partial charge on any atom is 0.174 e. The van der Waals surface area contributed by atoms with Gasteiger partial charge in [-0.05, 0) is 32.0 Å². The standard InChI is InChI=1S/C13H17FN2O2/c1-3-17-13(18-4-2)9-16-12-6-5-10(8-15)7-11(12)14/h5-7,13,16H,3-4,9H2,1-2H3. The summed E-state index contributed by atoms with van der Waals surface area (Å²) in [4.78, 5) is 0. The normalized spacial score (nSPS) is 10.4. The third-order valence-corrected chi connectivity index (χ3v) is 2.26. The van der Waals surface area contributed by atoms with Crippen molar-refractivity contribution in [3.8, 4) is 6.07 Å². The Morgan fingerprint density at radius 2 is 2.00 bits per heavy atom. The lowest BCUT2D eigenvalue weighted by molar-refractivity contribution is -0.126. The quantitative estimate of drug-likeness (QED) is 0.757. The van der Waals surface area contributed by atoms with E-state index in [1.807, 2.05) is 19.9 Å². The molecule has 1 aromatic carbocycles. The Balaban J connectivity index is 2.59. The van der Waals surface area contributed by atoms with Gasteiger partial charge in [0.15, 0.2) is 6.29 Å². The third-order valence-electron chi connectivity index (χ3n) is 2.26. The summed E-state index contributed by atoms with van der Waals surface area (Å²) >= 11 is 0. The van der Waals surface area contributed by atoms with E-state index in [4.69, 9.17) is 14.7 Å². The van der Waals surface area contributed by atoms with E-state index in [-0.39, 0.29) is 0 Å². The van der Waals surface area contributed by atoms with Crippen LogP contribution in [0.3, 0.4) is 0 Å². The van der Waals surface area contributed by atoms with E-state index in [0.29, 0.717) is 31.0 Å². The Morgan fingerprint density at radius 1 is 1.33 bits per heavy atom. The first-order valence-corrected chi connectivity index (χ1v) is 5.88. The summed E-state index contributed by atoms with van der Waals surface area (Å²) in [5, 5.41) is 11.5. The molecular formula is C13H17FN2O2. The minimum atomic E-state index is -0.458. The van der Waals surface area contributed by atoms with Crippen molar-refractivity contribution in [2.45, 2.75) is 20.1 Å². The zero-order valence-corrected chi connectivity index (χ0v) is 10.6. The maximum absolute atomic E-state index is 13.6. The van der Waals surface area contributed by atoms with Crippen molar-refractivity contribution in [1.82, 2.24) is 0 Å². The predicted octanol–water partition coefficient (Wildman–Crippen LogP) is 2.51. The van der Waals surface area contributed by atoms with Crippen LogP contribution in [0.15, 0.2) is 18.2 Å². The summed E-state index contributed by atoms with van der Waals surface area (Å²) in [6.07, 6.45) is -0.407. The number of benzene rings is 1. The van der Waals surface area contributed by atoms with E-state index in [0.717, 1.165) is 0 Å². The summed E-state index contributed by atoms with van der Waals surface area (Å²) in [6.45, 7) is 5.15. The van der Waals surface area contributed by atoms with Gasteiger partial charge in [0.1, 0.15) is 5.82 Å². The molecule has 0 aliphatic heterocycles. The smallest absolute Gasteiger partial charge is 0.174 e. The van der Waals surface area contributed by atoms with Gasteiger partial charge in [0, 0.05) is 13.2 Å². The van der Waals surface area contributed by atoms with Crippen LogP contribution in [-0.2, 0) is 9.47 Å². The third kappa shape index (κ3) is 4.32. The molecule has 1 aromatic rings. The molecule has 0 aliphatic rings. The van der Waals surface area contributed by atoms with Crippen LogP contribution < -0.4 is 5.32 Å². The van der Waals surface area contributed by atoms with Crippen LogP contribution in [0, 0.1) is 17.1 Å². The van der Waals surface area contributed by atoms with Crippen molar-refractivity contribution >= 4 is 5.69 Å². The van der Waals surface area contributed by atoms with Gasteiger partial charge < -0.3 is 14.8 Å². The Morgan fingerprint density at radius 3 is 2.50 bits per heavy atom. The van der Waals surface area contributed by atoms with Crippen LogP contribution in [0.4, 0.5) is 10.1 Å². The van der Waals surface area contributed by atoms with Crippen molar-refractivity contribution < 1.29 is 13.9 Å². The molecule has 1 rings (SSSR count). The second kappa shape index (κ2) is 7.64. The first-order chi connectivity index (χ1) is 8.71. The largest absolute Gasteiger partial charge is 0.378 e. The average Bonchev–Trinajstić information content (AvgIpc) is 2.37. The number of nitrogens with one attached hydrogen (secondary N) is 1. The molecule has 0 bridgehead atoms. The van der Waals surface area contributed by atoms with Crippen molar-refractivity contribution in [3.63, 3.8) is 0 Å². The number of halogens is 1. The van der Waals surface area contributed by atoms with Gasteiger partial charge >= 0.3 is 0 Å². The van der Waals surface area contributed by atoms with Crippen LogP contribution in [-0.4, -0.2) is 26.0 Å². The Bertz CT molecular complexity index is 412. The highest BCUT2D eigenvalue weighted by atomic mass is 19.1. The molecule has 0 aromatic heterocycles. The number of ether oxygens (including phenoxy) is 2. The monoisotopic (exact) mass is 252 g/mol. The molecular weight excluding hydrogens is 235 g/mol. The second-order valence-electron chi connectivity index (χ2n) is 3.53. The second-order valence-corrected chi connectivity index (χ2v) is 3.53. The van der Waals surface area contributed by atoms with E-state index in [9.17, 15) is 4.39 Å². The van der Waals surface area contributed by atoms with Crippen LogP contribution in [0.1, 0.15) is 19.4 Å². The molecule has 0 fully saturated rings. The molecule has 4 nitrogen and oxygen atoms in total. The molecule has 0 atom stereocenters. The van der Waals surface area contributed by atoms with Gasteiger partial charge in [-0.25, -0.2) is 4.39 Å². The van der Waals surface area contributed by atoms with Gasteiger partial charge in [0.2, 0.25) is 0 Å². The van der Waals surface area contributed by atoms with Crippen LogP contribution in [0.5, 0.6) is 0 Å². The molecule has 0 radical (unpaired) electrons. The molecule has 0 saturated carbocycles. The number of anilines is 1. The zero-order valence-electron chi connectivity index (χ0n) is 10.6. The molecule has 0 saturated heterocycles.